The number of unbranched alkanes of at least 4 members (excludes halogenated alkanes) is 4. The highest BCUT2D eigenvalue weighted by Gasteiger charge is 2.24. The van der Waals surface area contributed by atoms with Crippen LogP contribution >= 0.6 is 0 Å². The topological polar surface area (TPSA) is 129 Å². The number of nitrogens with two attached hydrogens (primary N) is 1. The maximum absolute atomic E-state index is 10.6. The van der Waals surface area contributed by atoms with E-state index < -0.39 is 0 Å². The number of H-pyrrole nitrogens is 1. The number of hydrogen-bond acceptors (Lipinski definition) is 8. The van der Waals surface area contributed by atoms with E-state index >= 15 is 0 Å². The number of likely N-dealkylation sites (N-methyl/N-ethyl adjacent to an activating group) is 1. The number of amides is 1. The van der Waals surface area contributed by atoms with Crippen molar-refractivity contribution in [2.24, 2.45) is 5.73 Å². The fourth-order valence-electron chi connectivity index (χ4n) is 4.54. The van der Waals surface area contributed by atoms with Crippen LogP contribution in [-0.4, -0.2) is 97.9 Å². The molecule has 3 heterocycles. The minimum atomic E-state index is -0.227. The summed E-state index contributed by atoms with van der Waals surface area (Å²) < 4.78 is 5.47. The zero-order chi connectivity index (χ0) is 29.3. The first-order valence-electron chi connectivity index (χ1n) is 14.0. The minimum absolute atomic E-state index is 0.227. The van der Waals surface area contributed by atoms with Crippen LogP contribution in [0.3, 0.4) is 0 Å². The second-order valence-corrected chi connectivity index (χ2v) is 10.2. The van der Waals surface area contributed by atoms with Crippen molar-refractivity contribution in [3.05, 3.63) is 42.4 Å². The Morgan fingerprint density at radius 2 is 1.95 bits per heavy atom. The first kappa shape index (κ1) is 32.9. The van der Waals surface area contributed by atoms with Crippen molar-refractivity contribution < 1.29 is 14.3 Å². The van der Waals surface area contributed by atoms with Crippen molar-refractivity contribution in [2.45, 2.75) is 51.0 Å². The second kappa shape index (κ2) is 18.1. The van der Waals surface area contributed by atoms with Gasteiger partial charge in [0.1, 0.15) is 12.1 Å². The highest BCUT2D eigenvalue weighted by Crippen LogP contribution is 2.30. The lowest BCUT2D eigenvalue weighted by Crippen LogP contribution is -2.35. The Bertz CT molecular complexity index is 1170. The van der Waals surface area contributed by atoms with E-state index in [0.29, 0.717) is 24.9 Å². The molecule has 4 rings (SSSR count). The summed E-state index contributed by atoms with van der Waals surface area (Å²) in [5, 5.41) is 3.82. The van der Waals surface area contributed by atoms with Gasteiger partial charge in [0.15, 0.2) is 0 Å². The third kappa shape index (κ3) is 11.0. The third-order valence-corrected chi connectivity index (χ3v) is 6.64. The van der Waals surface area contributed by atoms with E-state index in [9.17, 15) is 9.59 Å². The Hall–Kier alpha value is -3.34. The fourth-order valence-corrected chi connectivity index (χ4v) is 4.54. The molecule has 10 nitrogen and oxygen atoms in total. The van der Waals surface area contributed by atoms with Gasteiger partial charge in [-0.3, -0.25) is 9.69 Å². The molecule has 2 aromatic heterocycles. The number of methoxy groups -OCH3 is 1. The molecule has 40 heavy (non-hydrogen) atoms. The van der Waals surface area contributed by atoms with E-state index in [2.05, 4.69) is 50.2 Å². The summed E-state index contributed by atoms with van der Waals surface area (Å²) in [7, 11) is 9.52. The van der Waals surface area contributed by atoms with Crippen LogP contribution < -0.4 is 15.8 Å². The number of aromatic amines is 1. The molecule has 0 radical (unpaired) electrons. The number of imidazole rings is 1. The normalized spacial score (nSPS) is 14.8. The number of pyridine rings is 1. The summed E-state index contributed by atoms with van der Waals surface area (Å²) in [5.74, 6) is 1.35. The molecule has 220 valence electrons. The number of aromatic nitrogens is 3. The largest absolute Gasteiger partial charge is 0.480 e. The van der Waals surface area contributed by atoms with Crippen LogP contribution in [0.2, 0.25) is 0 Å². The van der Waals surface area contributed by atoms with Crippen LogP contribution in [0.15, 0.2) is 36.5 Å². The molecule has 1 saturated heterocycles. The summed E-state index contributed by atoms with van der Waals surface area (Å²) in [6.45, 7) is 2.37. The van der Waals surface area contributed by atoms with Crippen molar-refractivity contribution >= 4 is 23.1 Å². The van der Waals surface area contributed by atoms with Gasteiger partial charge >= 0.3 is 0 Å². The Balaban J connectivity index is 0.000000312. The molecular weight excluding hydrogens is 506 g/mol. The molecule has 1 aromatic carbocycles. The van der Waals surface area contributed by atoms with Crippen LogP contribution in [0.5, 0.6) is 5.88 Å². The van der Waals surface area contributed by atoms with Crippen LogP contribution in [0.25, 0.3) is 22.2 Å². The number of nitrogens with zero attached hydrogens (tertiary/aromatic N) is 4. The second-order valence-electron chi connectivity index (χ2n) is 10.2. The van der Waals surface area contributed by atoms with E-state index in [-0.39, 0.29) is 5.91 Å². The molecule has 1 aliphatic heterocycles. The Kier molecular flexibility index (Phi) is 14.9. The van der Waals surface area contributed by atoms with Gasteiger partial charge in [0.2, 0.25) is 11.8 Å². The quantitative estimate of drug-likeness (QED) is 0.230. The number of primary amides is 1. The van der Waals surface area contributed by atoms with Gasteiger partial charge in [-0.1, -0.05) is 31.0 Å². The van der Waals surface area contributed by atoms with E-state index in [1.54, 1.807) is 7.11 Å². The number of carbonyl (C=O) groups excluding carboxylic acids is 2. The van der Waals surface area contributed by atoms with Crippen molar-refractivity contribution in [3.63, 3.8) is 0 Å². The SMILES string of the molecule is CN(C)C1CCN(CC(N)=O)C1.CNC.COc1nc2ccccc2cc1-c1cnc(CCCCCCC=O)[nH]1. The first-order chi connectivity index (χ1) is 19.3. The van der Waals surface area contributed by atoms with Crippen LogP contribution in [0, 0.1) is 0 Å². The molecule has 1 amide bonds. The molecule has 1 atom stereocenters. The standard InChI is InChI=1S/C20H23N3O2.C8H17N3O.C2H7N/c1-25-20-16(13-15-9-6-7-10-17(15)23-20)18-14-21-19(22-18)11-5-3-2-4-8-12-24;1-10(2)7-3-4-11(5-7)6-8(9)12;1-3-2/h6-7,9-10,12-14H,2-5,8,11H2,1H3,(H,21,22);7H,3-6H2,1-2H3,(H2,9,12);3H,1-2H3. The van der Waals surface area contributed by atoms with Crippen molar-refractivity contribution in [2.75, 3.05) is 54.9 Å². The van der Waals surface area contributed by atoms with Gasteiger partial charge in [-0.15, -0.1) is 0 Å². The van der Waals surface area contributed by atoms with Gasteiger partial charge in [0.25, 0.3) is 0 Å². The number of hydrogen-bond donors (Lipinski definition) is 3. The average Bonchev–Trinajstić information content (AvgIpc) is 3.60. The number of nitrogens with one attached hydrogen (secondary N) is 2. The van der Waals surface area contributed by atoms with Gasteiger partial charge in [-0.05, 0) is 59.6 Å². The highest BCUT2D eigenvalue weighted by molar-refractivity contribution is 5.85. The molecule has 0 bridgehead atoms. The number of rotatable bonds is 12. The van der Waals surface area contributed by atoms with Crippen molar-refractivity contribution in [1.82, 2.24) is 30.1 Å². The summed E-state index contributed by atoms with van der Waals surface area (Å²) in [5.41, 5.74) is 7.86. The average molecular weight is 554 g/mol. The first-order valence-corrected chi connectivity index (χ1v) is 14.0. The summed E-state index contributed by atoms with van der Waals surface area (Å²) in [6, 6.07) is 10.7. The van der Waals surface area contributed by atoms with Gasteiger partial charge < -0.3 is 30.5 Å². The van der Waals surface area contributed by atoms with Crippen molar-refractivity contribution in [1.29, 1.82) is 0 Å². The molecule has 3 aromatic rings. The van der Waals surface area contributed by atoms with E-state index in [0.717, 1.165) is 85.9 Å². The molecule has 1 aliphatic rings. The van der Waals surface area contributed by atoms with E-state index in [4.69, 9.17) is 10.5 Å². The number of likely N-dealkylation sites (tertiary alicyclic amines) is 1. The van der Waals surface area contributed by atoms with Gasteiger partial charge in [0.05, 0.1) is 36.6 Å². The fraction of sp³-hybridized carbons (Fsp3) is 0.533. The highest BCUT2D eigenvalue weighted by atomic mass is 16.5. The zero-order valence-corrected chi connectivity index (χ0v) is 24.8. The predicted octanol–water partition coefficient (Wildman–Crippen LogP) is 3.27. The number of para-hydroxylation sites is 1. The molecule has 0 aliphatic carbocycles. The lowest BCUT2D eigenvalue weighted by Gasteiger charge is -2.19. The maximum atomic E-state index is 10.6. The number of aryl methyl sites for hydroxylation is 1. The van der Waals surface area contributed by atoms with E-state index in [1.165, 1.54) is 0 Å². The summed E-state index contributed by atoms with van der Waals surface area (Å²) in [4.78, 5) is 37.7. The number of benzene rings is 1. The lowest BCUT2D eigenvalue weighted by molar-refractivity contribution is -0.119. The van der Waals surface area contributed by atoms with Crippen LogP contribution in [0.4, 0.5) is 0 Å². The number of aldehydes is 1. The maximum Gasteiger partial charge on any atom is 0.231 e. The molecule has 1 unspecified atom stereocenters. The molecule has 10 heteroatoms. The smallest absolute Gasteiger partial charge is 0.231 e. The molecular formula is C30H47N7O3. The lowest BCUT2D eigenvalue weighted by atomic mass is 10.1. The molecule has 0 saturated carbocycles. The molecule has 4 N–H and O–H groups in total. The number of ether oxygens (including phenoxy) is 1. The molecule has 0 spiro atoms. The summed E-state index contributed by atoms with van der Waals surface area (Å²) >= 11 is 0. The number of carbonyl (C=O) groups is 2. The van der Waals surface area contributed by atoms with Gasteiger partial charge in [-0.2, -0.15) is 0 Å². The molecule has 1 fully saturated rings. The zero-order valence-electron chi connectivity index (χ0n) is 24.8. The minimum Gasteiger partial charge on any atom is -0.480 e. The third-order valence-electron chi connectivity index (χ3n) is 6.64. The monoisotopic (exact) mass is 553 g/mol. The van der Waals surface area contributed by atoms with E-state index in [1.807, 2.05) is 44.6 Å². The van der Waals surface area contributed by atoms with Gasteiger partial charge in [0, 0.05) is 37.4 Å². The van der Waals surface area contributed by atoms with Crippen LogP contribution in [-0.2, 0) is 16.0 Å². The van der Waals surface area contributed by atoms with Crippen molar-refractivity contribution in [3.8, 4) is 17.1 Å². The Morgan fingerprint density at radius 1 is 1.23 bits per heavy atom. The number of fused-ring (bicyclic) bond motifs is 1. The Morgan fingerprint density at radius 3 is 2.60 bits per heavy atom. The van der Waals surface area contributed by atoms with Gasteiger partial charge in [-0.25, -0.2) is 9.97 Å². The van der Waals surface area contributed by atoms with Crippen LogP contribution in [0.1, 0.15) is 44.3 Å². The predicted molar refractivity (Wildman–Crippen MR) is 161 cm³/mol. The Labute approximate surface area is 238 Å². The summed E-state index contributed by atoms with van der Waals surface area (Å²) in [6.07, 6.45) is 9.80.